The molecule has 4 amide bonds. The molecule has 1 saturated heterocycles. The number of carbonyl (C=O) groups is 3. The molecular weight excluding hydrogens is 380 g/mol. The minimum absolute atomic E-state index is 0.0503. The van der Waals surface area contributed by atoms with Crippen molar-refractivity contribution in [3.63, 3.8) is 0 Å². The Hall–Kier alpha value is -3.63. The van der Waals surface area contributed by atoms with Crippen molar-refractivity contribution < 1.29 is 37.1 Å². The van der Waals surface area contributed by atoms with E-state index in [0.717, 1.165) is 12.1 Å². The topological polar surface area (TPSA) is 110 Å². The number of hydrazine groups is 1. The normalized spacial score (nSPS) is 19.0. The number of rotatable bonds is 6. The van der Waals surface area contributed by atoms with Gasteiger partial charge in [0.15, 0.2) is 17.0 Å². The van der Waals surface area contributed by atoms with Gasteiger partial charge < -0.3 is 19.2 Å². The third-order valence-electron chi connectivity index (χ3n) is 4.06. The van der Waals surface area contributed by atoms with Crippen LogP contribution >= 0.6 is 0 Å². The largest absolute Gasteiger partial charge is 0.493 e. The number of ether oxygens (including phenoxy) is 2. The minimum atomic E-state index is -3.07. The van der Waals surface area contributed by atoms with E-state index < -0.39 is 30.0 Å². The molecule has 1 aromatic carbocycles. The van der Waals surface area contributed by atoms with Gasteiger partial charge in [0.05, 0.1) is 13.4 Å². The van der Waals surface area contributed by atoms with Gasteiger partial charge in [-0.25, -0.2) is 4.79 Å². The van der Waals surface area contributed by atoms with Gasteiger partial charge in [0.25, 0.3) is 11.8 Å². The maximum absolute atomic E-state index is 12.6. The van der Waals surface area contributed by atoms with Crippen LogP contribution in [0.1, 0.15) is 23.0 Å². The highest BCUT2D eigenvalue weighted by Crippen LogP contribution is 2.30. The van der Waals surface area contributed by atoms with Crippen molar-refractivity contribution in [1.82, 2.24) is 15.8 Å². The van der Waals surface area contributed by atoms with Crippen molar-refractivity contribution >= 4 is 17.8 Å². The van der Waals surface area contributed by atoms with Crippen molar-refractivity contribution in [1.29, 1.82) is 0 Å². The van der Waals surface area contributed by atoms with Crippen LogP contribution < -0.4 is 20.2 Å². The van der Waals surface area contributed by atoms with E-state index >= 15 is 0 Å². The van der Waals surface area contributed by atoms with E-state index in [2.05, 4.69) is 15.5 Å². The van der Waals surface area contributed by atoms with E-state index in [1.54, 1.807) is 6.07 Å². The lowest BCUT2D eigenvalue weighted by molar-refractivity contribution is -0.133. The second-order valence-electron chi connectivity index (χ2n) is 5.86. The Morgan fingerprint density at radius 1 is 1.29 bits per heavy atom. The Kier molecular flexibility index (Phi) is 4.91. The first-order chi connectivity index (χ1) is 13.3. The summed E-state index contributed by atoms with van der Waals surface area (Å²) in [5, 5.41) is 2.96. The summed E-state index contributed by atoms with van der Waals surface area (Å²) < 4.78 is 39.2. The van der Waals surface area contributed by atoms with Crippen LogP contribution in [0.4, 0.5) is 13.6 Å². The summed E-state index contributed by atoms with van der Waals surface area (Å²) in [5.74, 6) is -1.79. The minimum Gasteiger partial charge on any atom is -0.493 e. The van der Waals surface area contributed by atoms with Crippen LogP contribution in [0.2, 0.25) is 0 Å². The molecule has 1 aromatic heterocycles. The lowest BCUT2D eigenvalue weighted by Crippen LogP contribution is -2.47. The molecule has 2 heterocycles. The monoisotopic (exact) mass is 395 g/mol. The number of hydrogen-bond donors (Lipinski definition) is 2. The Balaban J connectivity index is 1.79. The van der Waals surface area contributed by atoms with Crippen LogP contribution in [0.15, 0.2) is 41.0 Å². The molecule has 1 atom stereocenters. The summed E-state index contributed by atoms with van der Waals surface area (Å²) in [6.45, 7) is -1.64. The van der Waals surface area contributed by atoms with Crippen LogP contribution in [0.25, 0.3) is 0 Å². The molecule has 2 aromatic rings. The number of nitrogens with zero attached hydrogens (tertiary/aromatic N) is 1. The summed E-state index contributed by atoms with van der Waals surface area (Å²) >= 11 is 0. The molecule has 0 radical (unpaired) electrons. The fraction of sp³-hybridized carbons (Fsp3) is 0.235. The number of carbonyl (C=O) groups excluding carboxylic acids is 3. The number of hydrogen-bond acceptors (Lipinski definition) is 6. The van der Waals surface area contributed by atoms with E-state index in [0.29, 0.717) is 5.01 Å². The number of alkyl halides is 2. The van der Waals surface area contributed by atoms with Crippen LogP contribution in [0.5, 0.6) is 11.5 Å². The standard InChI is InChI=1S/C17H15F2N3O6/c1-17(12-4-3-7-27-12)14(24)22(16(25)20-17)21-13(23)9-5-6-10(28-15(18)19)11(8-9)26-2/h3-8,15H,1-2H3,(H,20,25)(H,21,23). The lowest BCUT2D eigenvalue weighted by Gasteiger charge is -2.19. The van der Waals surface area contributed by atoms with Crippen LogP contribution in [-0.2, 0) is 10.3 Å². The Morgan fingerprint density at radius 2 is 2.04 bits per heavy atom. The van der Waals surface area contributed by atoms with Gasteiger partial charge >= 0.3 is 12.6 Å². The predicted octanol–water partition coefficient (Wildman–Crippen LogP) is 2.00. The highest BCUT2D eigenvalue weighted by atomic mass is 19.3. The van der Waals surface area contributed by atoms with Crippen LogP contribution in [0, 0.1) is 0 Å². The van der Waals surface area contributed by atoms with E-state index in [1.165, 1.54) is 32.4 Å². The highest BCUT2D eigenvalue weighted by Gasteiger charge is 2.52. The molecule has 0 bridgehead atoms. The maximum atomic E-state index is 12.6. The summed E-state index contributed by atoms with van der Waals surface area (Å²) in [6, 6.07) is 5.63. The van der Waals surface area contributed by atoms with Gasteiger partial charge in [0.2, 0.25) is 0 Å². The highest BCUT2D eigenvalue weighted by molar-refractivity contribution is 6.09. The number of benzene rings is 1. The summed E-state index contributed by atoms with van der Waals surface area (Å²) in [4.78, 5) is 37.2. The first kappa shape index (κ1) is 19.1. The van der Waals surface area contributed by atoms with Gasteiger partial charge in [0.1, 0.15) is 5.76 Å². The average Bonchev–Trinajstić information content (AvgIpc) is 3.26. The molecule has 1 aliphatic heterocycles. The van der Waals surface area contributed by atoms with Crippen LogP contribution in [0.3, 0.4) is 0 Å². The van der Waals surface area contributed by atoms with Gasteiger partial charge in [-0.05, 0) is 37.3 Å². The zero-order valence-electron chi connectivity index (χ0n) is 14.7. The van der Waals surface area contributed by atoms with E-state index in [9.17, 15) is 23.2 Å². The molecule has 0 aliphatic carbocycles. The average molecular weight is 395 g/mol. The number of furan rings is 1. The van der Waals surface area contributed by atoms with Crippen molar-refractivity contribution in [2.75, 3.05) is 7.11 Å². The van der Waals surface area contributed by atoms with Gasteiger partial charge in [0, 0.05) is 5.56 Å². The zero-order chi connectivity index (χ0) is 20.5. The molecule has 28 heavy (non-hydrogen) atoms. The van der Waals surface area contributed by atoms with Gasteiger partial charge in [-0.2, -0.15) is 13.8 Å². The van der Waals surface area contributed by atoms with E-state index in [4.69, 9.17) is 9.15 Å². The number of nitrogens with one attached hydrogen (secondary N) is 2. The second kappa shape index (κ2) is 7.18. The van der Waals surface area contributed by atoms with Crippen molar-refractivity contribution in [2.45, 2.75) is 19.1 Å². The molecule has 148 valence electrons. The van der Waals surface area contributed by atoms with E-state index in [-0.39, 0.29) is 22.8 Å². The van der Waals surface area contributed by atoms with Gasteiger partial charge in [-0.15, -0.1) is 0 Å². The first-order valence-corrected chi connectivity index (χ1v) is 7.91. The summed E-state index contributed by atoms with van der Waals surface area (Å²) in [6.07, 6.45) is 1.34. The predicted molar refractivity (Wildman–Crippen MR) is 88.5 cm³/mol. The smallest absolute Gasteiger partial charge is 0.387 e. The summed E-state index contributed by atoms with van der Waals surface area (Å²) in [7, 11) is 1.21. The maximum Gasteiger partial charge on any atom is 0.387 e. The van der Waals surface area contributed by atoms with Crippen molar-refractivity contribution in [3.8, 4) is 11.5 Å². The zero-order valence-corrected chi connectivity index (χ0v) is 14.7. The number of halogens is 2. The lowest BCUT2D eigenvalue weighted by atomic mass is 10.00. The van der Waals surface area contributed by atoms with Crippen LogP contribution in [-0.4, -0.2) is 36.6 Å². The van der Waals surface area contributed by atoms with Gasteiger partial charge in [-0.3, -0.25) is 15.0 Å². The molecule has 3 rings (SSSR count). The molecule has 0 saturated carbocycles. The fourth-order valence-electron chi connectivity index (χ4n) is 2.64. The quantitative estimate of drug-likeness (QED) is 0.724. The second-order valence-corrected chi connectivity index (χ2v) is 5.86. The Bertz CT molecular complexity index is 918. The molecule has 11 heteroatoms. The Morgan fingerprint density at radius 3 is 2.64 bits per heavy atom. The molecule has 0 spiro atoms. The molecule has 2 N–H and O–H groups in total. The first-order valence-electron chi connectivity index (χ1n) is 7.91. The fourth-order valence-corrected chi connectivity index (χ4v) is 2.64. The number of urea groups is 1. The molecule has 9 nitrogen and oxygen atoms in total. The number of imide groups is 1. The third kappa shape index (κ3) is 3.33. The van der Waals surface area contributed by atoms with Crippen molar-refractivity contribution in [2.24, 2.45) is 0 Å². The Labute approximate surface area is 157 Å². The summed E-state index contributed by atoms with van der Waals surface area (Å²) in [5.41, 5.74) is 0.634. The SMILES string of the molecule is COc1cc(C(=O)NN2C(=O)NC(C)(c3ccco3)C2=O)ccc1OC(F)F. The third-order valence-corrected chi connectivity index (χ3v) is 4.06. The number of amides is 4. The molecule has 1 aliphatic rings. The molecule has 1 unspecified atom stereocenters. The molecule has 1 fully saturated rings. The van der Waals surface area contributed by atoms with Crippen molar-refractivity contribution in [3.05, 3.63) is 47.9 Å². The molecular formula is C17H15F2N3O6. The van der Waals surface area contributed by atoms with Gasteiger partial charge in [-0.1, -0.05) is 0 Å². The van der Waals surface area contributed by atoms with E-state index in [1.807, 2.05) is 0 Å². The number of methoxy groups -OCH3 is 1.